The molecule has 0 bridgehead atoms. The Morgan fingerprint density at radius 2 is 1.92 bits per heavy atom. The van der Waals surface area contributed by atoms with E-state index in [1.165, 1.54) is 0 Å². The molecule has 0 aromatic heterocycles. The van der Waals surface area contributed by atoms with Gasteiger partial charge in [0.05, 0.1) is 6.61 Å². The topological polar surface area (TPSA) is 52.2 Å². The van der Waals surface area contributed by atoms with Crippen molar-refractivity contribution in [3.05, 3.63) is 0 Å². The molecule has 77 valence electrons. The van der Waals surface area contributed by atoms with Gasteiger partial charge in [-0.2, -0.15) is 0 Å². The van der Waals surface area contributed by atoms with E-state index in [2.05, 4.69) is 24.1 Å². The van der Waals surface area contributed by atoms with Crippen LogP contribution >= 0.6 is 0 Å². The van der Waals surface area contributed by atoms with Gasteiger partial charge in [-0.15, -0.1) is 0 Å². The third kappa shape index (κ3) is 6.54. The highest BCUT2D eigenvalue weighted by molar-refractivity contribution is 5.75. The molecule has 4 heteroatoms. The zero-order valence-corrected chi connectivity index (χ0v) is 8.51. The van der Waals surface area contributed by atoms with Gasteiger partial charge in [0.1, 0.15) is 0 Å². The van der Waals surface area contributed by atoms with Gasteiger partial charge in [-0.05, 0) is 13.1 Å². The number of rotatable bonds is 7. The van der Waals surface area contributed by atoms with E-state index >= 15 is 0 Å². The fourth-order valence-corrected chi connectivity index (χ4v) is 1.08. The Bertz CT molecular complexity index is 136. The van der Waals surface area contributed by atoms with Crippen molar-refractivity contribution in [3.63, 3.8) is 0 Å². The molecule has 0 unspecified atom stereocenters. The maximum atomic E-state index is 11.1. The van der Waals surface area contributed by atoms with Crippen LogP contribution in [-0.2, 0) is 9.90 Å². The highest BCUT2D eigenvalue weighted by atomic mass is 16.3. The predicted molar refractivity (Wildman–Crippen MR) is 51.0 cm³/mol. The molecule has 0 heterocycles. The molecule has 4 nitrogen and oxygen atoms in total. The van der Waals surface area contributed by atoms with Crippen LogP contribution in [0.3, 0.4) is 0 Å². The standard InChI is InChI=1S/C9H19N2O2/c1-3-11(4-2)7-5-9(13)10-6-8-12/h3-8H2,1-2H3,(H,10,13). The van der Waals surface area contributed by atoms with Crippen molar-refractivity contribution < 1.29 is 9.90 Å². The van der Waals surface area contributed by atoms with Crippen LogP contribution in [0.25, 0.3) is 0 Å². The summed E-state index contributed by atoms with van der Waals surface area (Å²) in [4.78, 5) is 13.2. The summed E-state index contributed by atoms with van der Waals surface area (Å²) in [7, 11) is 0. The lowest BCUT2D eigenvalue weighted by atomic mass is 10.3. The van der Waals surface area contributed by atoms with Gasteiger partial charge in [0.25, 0.3) is 0 Å². The van der Waals surface area contributed by atoms with Crippen molar-refractivity contribution in [2.45, 2.75) is 20.3 Å². The van der Waals surface area contributed by atoms with E-state index in [9.17, 15) is 9.90 Å². The first kappa shape index (κ1) is 12.4. The second-order valence-electron chi connectivity index (χ2n) is 2.83. The van der Waals surface area contributed by atoms with Crippen molar-refractivity contribution in [2.24, 2.45) is 0 Å². The van der Waals surface area contributed by atoms with Crippen LogP contribution in [0, 0.1) is 0 Å². The third-order valence-corrected chi connectivity index (χ3v) is 1.97. The molecular formula is C9H19N2O2. The van der Waals surface area contributed by atoms with Crippen molar-refractivity contribution in [1.82, 2.24) is 10.2 Å². The minimum Gasteiger partial charge on any atom is -0.354 e. The Hall–Kier alpha value is -0.610. The second-order valence-corrected chi connectivity index (χ2v) is 2.83. The summed E-state index contributed by atoms with van der Waals surface area (Å²) in [5.41, 5.74) is 0. The lowest BCUT2D eigenvalue weighted by molar-refractivity contribution is -0.121. The molecule has 13 heavy (non-hydrogen) atoms. The monoisotopic (exact) mass is 187 g/mol. The molecule has 0 aliphatic carbocycles. The average molecular weight is 187 g/mol. The maximum absolute atomic E-state index is 11.1. The van der Waals surface area contributed by atoms with Crippen LogP contribution < -0.4 is 5.32 Å². The Morgan fingerprint density at radius 1 is 1.31 bits per heavy atom. The lowest BCUT2D eigenvalue weighted by Gasteiger charge is -2.17. The molecule has 0 aromatic rings. The molecule has 0 saturated heterocycles. The first-order chi connectivity index (χ1) is 6.24. The number of carbonyl (C=O) groups excluding carboxylic acids is 1. The Morgan fingerprint density at radius 3 is 2.38 bits per heavy atom. The summed E-state index contributed by atoms with van der Waals surface area (Å²) in [6, 6.07) is 0. The van der Waals surface area contributed by atoms with E-state index in [0.717, 1.165) is 19.6 Å². The fraction of sp³-hybridized carbons (Fsp3) is 0.889. The minimum absolute atomic E-state index is 0.0252. The largest absolute Gasteiger partial charge is 0.354 e. The number of nitrogens with one attached hydrogen (secondary N) is 1. The van der Waals surface area contributed by atoms with Gasteiger partial charge in [-0.25, -0.2) is 5.11 Å². The van der Waals surface area contributed by atoms with Crippen LogP contribution in [0.4, 0.5) is 0 Å². The van der Waals surface area contributed by atoms with Crippen molar-refractivity contribution in [2.75, 3.05) is 32.8 Å². The van der Waals surface area contributed by atoms with Crippen LogP contribution in [0.15, 0.2) is 0 Å². The van der Waals surface area contributed by atoms with Gasteiger partial charge in [0.2, 0.25) is 5.91 Å². The SMILES string of the molecule is CCN(CC)CCC(=O)NCC[O]. The van der Waals surface area contributed by atoms with Crippen molar-refractivity contribution in [3.8, 4) is 0 Å². The Labute approximate surface area is 79.9 Å². The quantitative estimate of drug-likeness (QED) is 0.621. The number of amides is 1. The van der Waals surface area contributed by atoms with Gasteiger partial charge in [-0.1, -0.05) is 13.8 Å². The van der Waals surface area contributed by atoms with Crippen molar-refractivity contribution in [1.29, 1.82) is 0 Å². The highest BCUT2D eigenvalue weighted by Crippen LogP contribution is 1.90. The predicted octanol–water partition coefficient (Wildman–Crippen LogP) is 0.265. The van der Waals surface area contributed by atoms with Crippen LogP contribution in [-0.4, -0.2) is 43.6 Å². The van der Waals surface area contributed by atoms with E-state index < -0.39 is 0 Å². The molecule has 0 atom stereocenters. The van der Waals surface area contributed by atoms with Crippen LogP contribution in [0.2, 0.25) is 0 Å². The number of hydrogen-bond donors (Lipinski definition) is 1. The summed E-state index contributed by atoms with van der Waals surface area (Å²) < 4.78 is 0. The Balaban J connectivity index is 3.44. The van der Waals surface area contributed by atoms with E-state index in [1.54, 1.807) is 0 Å². The molecule has 0 aromatic carbocycles. The summed E-state index contributed by atoms with van der Waals surface area (Å²) in [5, 5.41) is 12.6. The van der Waals surface area contributed by atoms with Crippen LogP contribution in [0.1, 0.15) is 20.3 Å². The molecule has 1 amide bonds. The maximum Gasteiger partial charge on any atom is 0.221 e. The summed E-state index contributed by atoms with van der Waals surface area (Å²) in [5.74, 6) is -0.0252. The van der Waals surface area contributed by atoms with Gasteiger partial charge in [-0.3, -0.25) is 4.79 Å². The normalized spacial score (nSPS) is 10.5. The van der Waals surface area contributed by atoms with Gasteiger partial charge in [0, 0.05) is 19.5 Å². The van der Waals surface area contributed by atoms with Gasteiger partial charge >= 0.3 is 0 Å². The summed E-state index contributed by atoms with van der Waals surface area (Å²) in [6.45, 7) is 6.85. The molecule has 0 aliphatic heterocycles. The number of carbonyl (C=O) groups is 1. The zero-order valence-electron chi connectivity index (χ0n) is 8.51. The molecule has 0 fully saturated rings. The van der Waals surface area contributed by atoms with E-state index in [0.29, 0.717) is 6.42 Å². The smallest absolute Gasteiger partial charge is 0.221 e. The van der Waals surface area contributed by atoms with E-state index in [1.807, 2.05) is 0 Å². The molecule has 1 radical (unpaired) electrons. The van der Waals surface area contributed by atoms with Crippen LogP contribution in [0.5, 0.6) is 0 Å². The van der Waals surface area contributed by atoms with E-state index in [-0.39, 0.29) is 19.1 Å². The van der Waals surface area contributed by atoms with Gasteiger partial charge in [0.15, 0.2) is 0 Å². The second kappa shape index (κ2) is 8.01. The highest BCUT2D eigenvalue weighted by Gasteiger charge is 2.03. The summed E-state index contributed by atoms with van der Waals surface area (Å²) >= 11 is 0. The van der Waals surface area contributed by atoms with Gasteiger partial charge < -0.3 is 10.2 Å². The fourth-order valence-electron chi connectivity index (χ4n) is 1.08. The molecule has 0 aliphatic rings. The molecular weight excluding hydrogens is 168 g/mol. The molecule has 1 N–H and O–H groups in total. The average Bonchev–Trinajstić information content (AvgIpc) is 2.16. The van der Waals surface area contributed by atoms with Crippen molar-refractivity contribution >= 4 is 5.91 Å². The minimum atomic E-state index is -0.239. The third-order valence-electron chi connectivity index (χ3n) is 1.97. The molecule has 0 rings (SSSR count). The molecule has 0 spiro atoms. The first-order valence-electron chi connectivity index (χ1n) is 4.81. The first-order valence-corrected chi connectivity index (χ1v) is 4.81. The van der Waals surface area contributed by atoms with E-state index in [4.69, 9.17) is 0 Å². The number of nitrogens with zero attached hydrogens (tertiary/aromatic N) is 1. The lowest BCUT2D eigenvalue weighted by Crippen LogP contribution is -2.31. The Kier molecular flexibility index (Phi) is 7.63. The zero-order chi connectivity index (χ0) is 10.1. The number of hydrogen-bond acceptors (Lipinski definition) is 2. The summed E-state index contributed by atoms with van der Waals surface area (Å²) in [6.07, 6.45) is 0.488. The molecule has 0 saturated carbocycles.